The van der Waals surface area contributed by atoms with Crippen molar-refractivity contribution in [1.82, 2.24) is 20.9 Å². The van der Waals surface area contributed by atoms with E-state index >= 15 is 0 Å². The zero-order valence-electron chi connectivity index (χ0n) is 21.3. The standard InChI is InChI=1S/C25H38N6O5S/c1-15(29-23(33)18(27)8-5-6-11-26)22(32)31-21(24(34)30-20(25(35)36)10-12-37-2)13-16-14-28-19-9-4-3-7-17(16)19/h3-4,7,9,14-15,18,20-21,28H,5-6,8,10-13,26-27H2,1-2H3,(H,29,33)(H,30,34)(H,31,32)(H,35,36). The maximum atomic E-state index is 13.2. The van der Waals surface area contributed by atoms with Crippen molar-refractivity contribution >= 4 is 46.4 Å². The average Bonchev–Trinajstić information content (AvgIpc) is 3.28. The van der Waals surface area contributed by atoms with Crippen molar-refractivity contribution in [2.75, 3.05) is 18.6 Å². The quantitative estimate of drug-likeness (QED) is 0.151. The summed E-state index contributed by atoms with van der Waals surface area (Å²) in [5.41, 5.74) is 13.0. The average molecular weight is 535 g/mol. The number of unbranched alkanes of at least 4 members (excludes halogenated alkanes) is 1. The third-order valence-corrected chi connectivity index (χ3v) is 6.66. The zero-order valence-corrected chi connectivity index (χ0v) is 22.1. The molecule has 2 aromatic rings. The lowest BCUT2D eigenvalue weighted by molar-refractivity contribution is -0.142. The molecule has 0 fully saturated rings. The van der Waals surface area contributed by atoms with E-state index in [1.165, 1.54) is 18.7 Å². The highest BCUT2D eigenvalue weighted by Gasteiger charge is 2.29. The first-order valence-electron chi connectivity index (χ1n) is 12.3. The first-order chi connectivity index (χ1) is 17.7. The number of benzene rings is 1. The first-order valence-corrected chi connectivity index (χ1v) is 13.7. The van der Waals surface area contributed by atoms with Crippen LogP contribution in [0.4, 0.5) is 0 Å². The Kier molecular flexibility index (Phi) is 12.4. The number of carbonyl (C=O) groups excluding carboxylic acids is 3. The van der Waals surface area contributed by atoms with E-state index in [2.05, 4.69) is 20.9 Å². The molecule has 0 aliphatic carbocycles. The summed E-state index contributed by atoms with van der Waals surface area (Å²) in [7, 11) is 0. The van der Waals surface area contributed by atoms with Gasteiger partial charge in [0.15, 0.2) is 0 Å². The summed E-state index contributed by atoms with van der Waals surface area (Å²) in [6, 6.07) is 3.63. The summed E-state index contributed by atoms with van der Waals surface area (Å²) in [5.74, 6) is -2.28. The van der Waals surface area contributed by atoms with Gasteiger partial charge in [-0.1, -0.05) is 24.6 Å². The van der Waals surface area contributed by atoms with Gasteiger partial charge in [-0.05, 0) is 56.4 Å². The summed E-state index contributed by atoms with van der Waals surface area (Å²) in [6.07, 6.45) is 5.84. The SMILES string of the molecule is CSCCC(NC(=O)C(Cc1c[nH]c2ccccc12)NC(=O)C(C)NC(=O)C(N)CCCCN)C(=O)O. The topological polar surface area (TPSA) is 192 Å². The fourth-order valence-electron chi connectivity index (χ4n) is 3.82. The normalized spacial score (nSPS) is 14.4. The molecule has 4 unspecified atom stereocenters. The van der Waals surface area contributed by atoms with Gasteiger partial charge in [-0.25, -0.2) is 4.79 Å². The number of para-hydroxylation sites is 1. The lowest BCUT2D eigenvalue weighted by Gasteiger charge is -2.24. The minimum atomic E-state index is -1.15. The Bertz CT molecular complexity index is 1060. The maximum absolute atomic E-state index is 13.2. The number of aliphatic carboxylic acids is 1. The molecule has 9 N–H and O–H groups in total. The second-order valence-corrected chi connectivity index (χ2v) is 9.91. The fourth-order valence-corrected chi connectivity index (χ4v) is 4.29. The molecule has 0 saturated carbocycles. The van der Waals surface area contributed by atoms with Gasteiger partial charge in [0.25, 0.3) is 0 Å². The van der Waals surface area contributed by atoms with E-state index in [0.717, 1.165) is 22.9 Å². The number of thioether (sulfide) groups is 1. The van der Waals surface area contributed by atoms with E-state index < -0.39 is 47.9 Å². The molecule has 204 valence electrons. The predicted octanol–water partition coefficient (Wildman–Crippen LogP) is 0.479. The molecule has 1 aromatic heterocycles. The highest BCUT2D eigenvalue weighted by Crippen LogP contribution is 2.19. The van der Waals surface area contributed by atoms with E-state index in [1.54, 1.807) is 6.20 Å². The molecule has 12 heteroatoms. The van der Waals surface area contributed by atoms with Crippen molar-refractivity contribution in [3.05, 3.63) is 36.0 Å². The number of rotatable bonds is 16. The monoisotopic (exact) mass is 534 g/mol. The molecular formula is C25H38N6O5S. The summed E-state index contributed by atoms with van der Waals surface area (Å²) < 4.78 is 0. The smallest absolute Gasteiger partial charge is 0.326 e. The van der Waals surface area contributed by atoms with Crippen molar-refractivity contribution in [3.63, 3.8) is 0 Å². The Morgan fingerprint density at radius 1 is 1.00 bits per heavy atom. The van der Waals surface area contributed by atoms with Crippen LogP contribution in [-0.2, 0) is 25.6 Å². The third kappa shape index (κ3) is 9.38. The van der Waals surface area contributed by atoms with Crippen molar-refractivity contribution in [2.45, 2.75) is 63.2 Å². The van der Waals surface area contributed by atoms with Crippen LogP contribution in [0.2, 0.25) is 0 Å². The van der Waals surface area contributed by atoms with Crippen LogP contribution in [0.15, 0.2) is 30.5 Å². The van der Waals surface area contributed by atoms with Crippen LogP contribution in [0, 0.1) is 0 Å². The predicted molar refractivity (Wildman–Crippen MR) is 145 cm³/mol. The highest BCUT2D eigenvalue weighted by atomic mass is 32.2. The van der Waals surface area contributed by atoms with Crippen LogP contribution in [0.1, 0.15) is 38.2 Å². The first kappa shape index (κ1) is 30.1. The molecule has 1 aromatic carbocycles. The molecule has 0 aliphatic rings. The van der Waals surface area contributed by atoms with Gasteiger partial charge in [0.2, 0.25) is 17.7 Å². The van der Waals surface area contributed by atoms with E-state index in [9.17, 15) is 24.3 Å². The summed E-state index contributed by atoms with van der Waals surface area (Å²) >= 11 is 1.47. The lowest BCUT2D eigenvalue weighted by atomic mass is 10.0. The van der Waals surface area contributed by atoms with Gasteiger partial charge in [0.1, 0.15) is 18.1 Å². The van der Waals surface area contributed by atoms with E-state index in [-0.39, 0.29) is 12.8 Å². The molecule has 1 heterocycles. The number of aromatic amines is 1. The molecule has 3 amide bonds. The van der Waals surface area contributed by atoms with Crippen LogP contribution in [0.25, 0.3) is 10.9 Å². The van der Waals surface area contributed by atoms with Gasteiger partial charge in [-0.3, -0.25) is 14.4 Å². The summed E-state index contributed by atoms with van der Waals surface area (Å²) in [5, 5.41) is 18.2. The fraction of sp³-hybridized carbons (Fsp3) is 0.520. The maximum Gasteiger partial charge on any atom is 0.326 e. The van der Waals surface area contributed by atoms with Crippen molar-refractivity contribution in [1.29, 1.82) is 0 Å². The number of carboxylic acid groups (broad SMARTS) is 1. The Morgan fingerprint density at radius 3 is 2.38 bits per heavy atom. The molecule has 4 atom stereocenters. The number of fused-ring (bicyclic) bond motifs is 1. The van der Waals surface area contributed by atoms with Crippen LogP contribution in [-0.4, -0.2) is 76.5 Å². The van der Waals surface area contributed by atoms with Crippen LogP contribution >= 0.6 is 11.8 Å². The molecule has 0 saturated heterocycles. The molecule has 0 radical (unpaired) electrons. The van der Waals surface area contributed by atoms with E-state index in [4.69, 9.17) is 11.5 Å². The van der Waals surface area contributed by atoms with Gasteiger partial charge in [-0.2, -0.15) is 11.8 Å². The summed E-state index contributed by atoms with van der Waals surface area (Å²) in [4.78, 5) is 53.4. The zero-order chi connectivity index (χ0) is 27.4. The second kappa shape index (κ2) is 15.2. The largest absolute Gasteiger partial charge is 0.480 e. The van der Waals surface area contributed by atoms with Gasteiger partial charge in [-0.15, -0.1) is 0 Å². The van der Waals surface area contributed by atoms with Crippen LogP contribution in [0.5, 0.6) is 0 Å². The Labute approximate surface area is 220 Å². The van der Waals surface area contributed by atoms with Gasteiger partial charge in [0.05, 0.1) is 6.04 Å². The molecule has 2 rings (SSSR count). The minimum Gasteiger partial charge on any atom is -0.480 e. The number of hydrogen-bond acceptors (Lipinski definition) is 7. The third-order valence-electron chi connectivity index (χ3n) is 6.02. The Morgan fingerprint density at radius 2 is 1.70 bits per heavy atom. The van der Waals surface area contributed by atoms with E-state index in [1.807, 2.05) is 30.5 Å². The number of carboxylic acids is 1. The number of aromatic nitrogens is 1. The number of carbonyl (C=O) groups is 4. The molecular weight excluding hydrogens is 496 g/mol. The van der Waals surface area contributed by atoms with Crippen molar-refractivity contribution in [2.24, 2.45) is 11.5 Å². The van der Waals surface area contributed by atoms with Crippen molar-refractivity contribution < 1.29 is 24.3 Å². The second-order valence-electron chi connectivity index (χ2n) is 8.93. The van der Waals surface area contributed by atoms with Crippen LogP contribution < -0.4 is 27.4 Å². The molecule has 11 nitrogen and oxygen atoms in total. The van der Waals surface area contributed by atoms with Crippen molar-refractivity contribution in [3.8, 4) is 0 Å². The number of nitrogens with one attached hydrogen (secondary N) is 4. The number of nitrogens with two attached hydrogens (primary N) is 2. The number of H-pyrrole nitrogens is 1. The van der Waals surface area contributed by atoms with Gasteiger partial charge in [0, 0.05) is 23.5 Å². The molecule has 0 aliphatic heterocycles. The molecule has 0 bridgehead atoms. The minimum absolute atomic E-state index is 0.121. The Balaban J connectivity index is 2.15. The Hall–Kier alpha value is -3.09. The number of hydrogen-bond donors (Lipinski definition) is 7. The molecule has 0 spiro atoms. The van der Waals surface area contributed by atoms with Crippen LogP contribution in [0.3, 0.4) is 0 Å². The van der Waals surface area contributed by atoms with Gasteiger partial charge < -0.3 is 37.5 Å². The van der Waals surface area contributed by atoms with E-state index in [0.29, 0.717) is 25.1 Å². The van der Waals surface area contributed by atoms with Gasteiger partial charge >= 0.3 is 5.97 Å². The molecule has 37 heavy (non-hydrogen) atoms. The highest BCUT2D eigenvalue weighted by molar-refractivity contribution is 7.98. The summed E-state index contributed by atoms with van der Waals surface area (Å²) in [6.45, 7) is 2.01. The number of amides is 3. The lowest BCUT2D eigenvalue weighted by Crippen LogP contribution is -2.57.